The lowest BCUT2D eigenvalue weighted by Gasteiger charge is -2.41. The number of rotatable bonds is 1. The lowest BCUT2D eigenvalue weighted by atomic mass is 9.92. The minimum atomic E-state index is 0.0349. The van der Waals surface area contributed by atoms with Gasteiger partial charge in [0.1, 0.15) is 12.4 Å². The van der Waals surface area contributed by atoms with E-state index in [1.165, 1.54) is 16.7 Å². The molecule has 0 saturated carbocycles. The van der Waals surface area contributed by atoms with Crippen molar-refractivity contribution < 1.29 is 9.47 Å². The van der Waals surface area contributed by atoms with Gasteiger partial charge >= 0.3 is 0 Å². The van der Waals surface area contributed by atoms with E-state index >= 15 is 0 Å². The monoisotopic (exact) mass is 262 g/mol. The van der Waals surface area contributed by atoms with Crippen LogP contribution in [0.2, 0.25) is 0 Å². The van der Waals surface area contributed by atoms with Crippen LogP contribution >= 0.6 is 0 Å². The zero-order valence-electron chi connectivity index (χ0n) is 11.7. The molecule has 4 heteroatoms. The predicted octanol–water partition coefficient (Wildman–Crippen LogP) is 1.40. The van der Waals surface area contributed by atoms with Crippen LogP contribution in [0.5, 0.6) is 5.75 Å². The van der Waals surface area contributed by atoms with Gasteiger partial charge in [0, 0.05) is 18.7 Å². The standard InChI is InChI=1S/C15H22N2O2/c1-10-7-12-14(8-11(10)2)19-9-13(16)15(12)17-3-5-18-6-4-17/h7-8,13,15H,3-6,9,16H2,1-2H3. The zero-order valence-corrected chi connectivity index (χ0v) is 11.7. The normalized spacial score (nSPS) is 27.7. The van der Waals surface area contributed by atoms with Gasteiger partial charge in [-0.05, 0) is 31.0 Å². The van der Waals surface area contributed by atoms with Gasteiger partial charge in [0.25, 0.3) is 0 Å². The smallest absolute Gasteiger partial charge is 0.124 e. The first-order valence-corrected chi connectivity index (χ1v) is 6.98. The van der Waals surface area contributed by atoms with Gasteiger partial charge in [-0.2, -0.15) is 0 Å². The van der Waals surface area contributed by atoms with Crippen LogP contribution in [-0.2, 0) is 4.74 Å². The zero-order chi connectivity index (χ0) is 13.4. The third-order valence-corrected chi connectivity index (χ3v) is 4.22. The van der Waals surface area contributed by atoms with Crippen LogP contribution < -0.4 is 10.5 Å². The Morgan fingerprint density at radius 3 is 2.58 bits per heavy atom. The van der Waals surface area contributed by atoms with E-state index in [2.05, 4.69) is 30.9 Å². The van der Waals surface area contributed by atoms with Crippen molar-refractivity contribution in [2.75, 3.05) is 32.9 Å². The van der Waals surface area contributed by atoms with E-state index in [1.807, 2.05) is 0 Å². The molecule has 1 fully saturated rings. The summed E-state index contributed by atoms with van der Waals surface area (Å²) in [5.41, 5.74) is 10.1. The predicted molar refractivity (Wildman–Crippen MR) is 74.5 cm³/mol. The maximum Gasteiger partial charge on any atom is 0.124 e. The Labute approximate surface area is 114 Å². The van der Waals surface area contributed by atoms with Crippen molar-refractivity contribution in [2.45, 2.75) is 25.9 Å². The van der Waals surface area contributed by atoms with Crippen LogP contribution in [0.4, 0.5) is 0 Å². The van der Waals surface area contributed by atoms with E-state index in [1.54, 1.807) is 0 Å². The maximum absolute atomic E-state index is 6.31. The third-order valence-electron chi connectivity index (χ3n) is 4.22. The molecule has 2 aliphatic heterocycles. The Bertz CT molecular complexity index is 469. The van der Waals surface area contributed by atoms with Crippen LogP contribution in [0.1, 0.15) is 22.7 Å². The molecule has 2 aliphatic rings. The number of hydrogen-bond donors (Lipinski definition) is 1. The Kier molecular flexibility index (Phi) is 3.48. The van der Waals surface area contributed by atoms with E-state index in [4.69, 9.17) is 15.2 Å². The Morgan fingerprint density at radius 1 is 1.16 bits per heavy atom. The summed E-state index contributed by atoms with van der Waals surface area (Å²) in [5, 5.41) is 0. The van der Waals surface area contributed by atoms with Crippen LogP contribution in [-0.4, -0.2) is 43.9 Å². The fourth-order valence-electron chi connectivity index (χ4n) is 3.00. The maximum atomic E-state index is 6.31. The van der Waals surface area contributed by atoms with Crippen LogP contribution in [0.3, 0.4) is 0 Å². The van der Waals surface area contributed by atoms with Crippen molar-refractivity contribution in [2.24, 2.45) is 5.73 Å². The van der Waals surface area contributed by atoms with Gasteiger partial charge in [-0.25, -0.2) is 0 Å². The van der Waals surface area contributed by atoms with Crippen molar-refractivity contribution in [3.05, 3.63) is 28.8 Å². The lowest BCUT2D eigenvalue weighted by molar-refractivity contribution is 0.00140. The molecule has 0 radical (unpaired) electrons. The summed E-state index contributed by atoms with van der Waals surface area (Å²) in [6.07, 6.45) is 0. The molecule has 0 spiro atoms. The van der Waals surface area contributed by atoms with Gasteiger partial charge in [0.15, 0.2) is 0 Å². The summed E-state index contributed by atoms with van der Waals surface area (Å²) in [4.78, 5) is 2.43. The van der Waals surface area contributed by atoms with Gasteiger partial charge in [0.05, 0.1) is 25.3 Å². The molecule has 19 heavy (non-hydrogen) atoms. The summed E-state index contributed by atoms with van der Waals surface area (Å²) in [6.45, 7) is 8.35. The van der Waals surface area contributed by atoms with Gasteiger partial charge in [0.2, 0.25) is 0 Å². The Balaban J connectivity index is 1.98. The summed E-state index contributed by atoms with van der Waals surface area (Å²) < 4.78 is 11.3. The van der Waals surface area contributed by atoms with Gasteiger partial charge in [-0.15, -0.1) is 0 Å². The highest BCUT2D eigenvalue weighted by Crippen LogP contribution is 2.37. The van der Waals surface area contributed by atoms with E-state index in [9.17, 15) is 0 Å². The first-order chi connectivity index (χ1) is 9.16. The number of hydrogen-bond acceptors (Lipinski definition) is 4. The summed E-state index contributed by atoms with van der Waals surface area (Å²) >= 11 is 0. The molecule has 104 valence electrons. The number of ether oxygens (including phenoxy) is 2. The molecule has 0 amide bonds. The number of nitrogens with two attached hydrogens (primary N) is 1. The van der Waals surface area contributed by atoms with Crippen molar-refractivity contribution in [1.29, 1.82) is 0 Å². The molecule has 0 aliphatic carbocycles. The van der Waals surface area contributed by atoms with Gasteiger partial charge in [-0.3, -0.25) is 4.90 Å². The average Bonchev–Trinajstić information content (AvgIpc) is 2.42. The second-order valence-corrected chi connectivity index (χ2v) is 5.54. The fraction of sp³-hybridized carbons (Fsp3) is 0.600. The highest BCUT2D eigenvalue weighted by Gasteiger charge is 2.34. The molecule has 2 atom stereocenters. The number of fused-ring (bicyclic) bond motifs is 1. The van der Waals surface area contributed by atoms with E-state index < -0.39 is 0 Å². The average molecular weight is 262 g/mol. The summed E-state index contributed by atoms with van der Waals surface area (Å²) in [6, 6.07) is 4.67. The topological polar surface area (TPSA) is 47.7 Å². The first-order valence-electron chi connectivity index (χ1n) is 6.98. The third kappa shape index (κ3) is 2.36. The second-order valence-electron chi connectivity index (χ2n) is 5.54. The molecule has 1 saturated heterocycles. The Hall–Kier alpha value is -1.10. The molecule has 2 heterocycles. The van der Waals surface area contributed by atoms with Crippen LogP contribution in [0, 0.1) is 13.8 Å². The largest absolute Gasteiger partial charge is 0.492 e. The van der Waals surface area contributed by atoms with E-state index in [0.717, 1.165) is 32.1 Å². The van der Waals surface area contributed by atoms with Crippen molar-refractivity contribution in [3.63, 3.8) is 0 Å². The minimum absolute atomic E-state index is 0.0349. The quantitative estimate of drug-likeness (QED) is 0.831. The van der Waals surface area contributed by atoms with Gasteiger partial charge < -0.3 is 15.2 Å². The van der Waals surface area contributed by atoms with Gasteiger partial charge in [-0.1, -0.05) is 6.07 Å². The van der Waals surface area contributed by atoms with E-state index in [-0.39, 0.29) is 12.1 Å². The molecule has 0 aromatic heterocycles. The molecule has 1 aromatic carbocycles. The Morgan fingerprint density at radius 2 is 1.84 bits per heavy atom. The fourth-order valence-corrected chi connectivity index (χ4v) is 3.00. The summed E-state index contributed by atoms with van der Waals surface area (Å²) in [7, 11) is 0. The first kappa shape index (κ1) is 12.9. The van der Waals surface area contributed by atoms with Crippen molar-refractivity contribution in [3.8, 4) is 5.75 Å². The van der Waals surface area contributed by atoms with Crippen LogP contribution in [0.25, 0.3) is 0 Å². The number of nitrogens with zero attached hydrogens (tertiary/aromatic N) is 1. The molecular weight excluding hydrogens is 240 g/mol. The molecule has 3 rings (SSSR count). The molecule has 2 unspecified atom stereocenters. The molecule has 0 bridgehead atoms. The van der Waals surface area contributed by atoms with Crippen LogP contribution in [0.15, 0.2) is 12.1 Å². The second kappa shape index (κ2) is 5.12. The lowest BCUT2D eigenvalue weighted by Crippen LogP contribution is -2.50. The number of aryl methyl sites for hydroxylation is 2. The minimum Gasteiger partial charge on any atom is -0.492 e. The van der Waals surface area contributed by atoms with Crippen molar-refractivity contribution in [1.82, 2.24) is 4.90 Å². The number of morpholine rings is 1. The molecule has 1 aromatic rings. The SMILES string of the molecule is Cc1cc2c(cc1C)C(N1CCOCC1)C(N)CO2. The highest BCUT2D eigenvalue weighted by atomic mass is 16.5. The molecular formula is C15H22N2O2. The number of benzene rings is 1. The van der Waals surface area contributed by atoms with E-state index in [0.29, 0.717) is 6.61 Å². The van der Waals surface area contributed by atoms with Crippen molar-refractivity contribution >= 4 is 0 Å². The molecule has 4 nitrogen and oxygen atoms in total. The molecule has 2 N–H and O–H groups in total. The summed E-state index contributed by atoms with van der Waals surface area (Å²) in [5.74, 6) is 1.00. The highest BCUT2D eigenvalue weighted by molar-refractivity contribution is 5.45.